The largest absolute Gasteiger partial charge is 0.485 e. The molecule has 0 saturated carbocycles. The molecule has 2 amide bonds. The summed E-state index contributed by atoms with van der Waals surface area (Å²) in [6.45, 7) is 3.24. The Balaban J connectivity index is 1.52. The molecule has 1 atom stereocenters. The molecule has 9 heteroatoms. The van der Waals surface area contributed by atoms with Gasteiger partial charge in [-0.15, -0.1) is 0 Å². The topological polar surface area (TPSA) is 85.4 Å². The van der Waals surface area contributed by atoms with Gasteiger partial charge in [-0.1, -0.05) is 11.6 Å². The number of ketones is 1. The highest BCUT2D eigenvalue weighted by Crippen LogP contribution is 2.35. The second-order valence-corrected chi connectivity index (χ2v) is 7.95. The maximum atomic E-state index is 13.0. The smallest absolute Gasteiger partial charge is 0.265 e. The number of carbonyl (C=O) groups is 3. The van der Waals surface area contributed by atoms with Gasteiger partial charge in [0.05, 0.1) is 18.9 Å². The van der Waals surface area contributed by atoms with Gasteiger partial charge >= 0.3 is 0 Å². The number of morpholine rings is 1. The average Bonchev–Trinajstić information content (AvgIpc) is 2.82. The van der Waals surface area contributed by atoms with Crippen molar-refractivity contribution < 1.29 is 28.6 Å². The predicted octanol–water partition coefficient (Wildman–Crippen LogP) is 2.57. The number of amides is 2. The minimum absolute atomic E-state index is 0.166. The summed E-state index contributed by atoms with van der Waals surface area (Å²) in [5.41, 5.74) is 0.750. The van der Waals surface area contributed by atoms with Crippen LogP contribution in [0.15, 0.2) is 42.5 Å². The highest BCUT2D eigenvalue weighted by Gasteiger charge is 2.36. The number of anilines is 1. The van der Waals surface area contributed by atoms with Crippen molar-refractivity contribution >= 4 is 34.9 Å². The Morgan fingerprint density at radius 2 is 1.84 bits per heavy atom. The highest BCUT2D eigenvalue weighted by atomic mass is 35.5. The number of hydrogen-bond acceptors (Lipinski definition) is 6. The summed E-state index contributed by atoms with van der Waals surface area (Å²) >= 11 is 5.86. The number of carbonyl (C=O) groups excluding carboxylic acids is 3. The molecule has 2 aliphatic heterocycles. The molecular formula is C23H23ClN2O6. The Kier molecular flexibility index (Phi) is 6.62. The van der Waals surface area contributed by atoms with Crippen LogP contribution in [0.25, 0.3) is 0 Å². The lowest BCUT2D eigenvalue weighted by Gasteiger charge is -2.37. The SMILES string of the molecule is CC(C(=O)N1CCOCC1)N1C(=O)COc2ccc(C(=O)COc3ccc(Cl)cc3)cc21. The second kappa shape index (κ2) is 9.58. The van der Waals surface area contributed by atoms with E-state index in [-0.39, 0.29) is 30.8 Å². The Morgan fingerprint density at radius 1 is 1.12 bits per heavy atom. The van der Waals surface area contributed by atoms with Crippen LogP contribution in [0.2, 0.25) is 5.02 Å². The van der Waals surface area contributed by atoms with E-state index in [1.807, 2.05) is 0 Å². The van der Waals surface area contributed by atoms with Gasteiger partial charge in [-0.2, -0.15) is 0 Å². The number of halogens is 1. The first-order valence-corrected chi connectivity index (χ1v) is 10.7. The molecule has 8 nitrogen and oxygen atoms in total. The Labute approximate surface area is 190 Å². The first kappa shape index (κ1) is 22.1. The molecule has 0 radical (unpaired) electrons. The first-order chi connectivity index (χ1) is 15.4. The Hall–Kier alpha value is -3.10. The molecule has 2 heterocycles. The zero-order valence-corrected chi connectivity index (χ0v) is 18.3. The maximum absolute atomic E-state index is 13.0. The molecule has 0 N–H and O–H groups in total. The summed E-state index contributed by atoms with van der Waals surface area (Å²) in [5, 5.41) is 0.573. The van der Waals surface area contributed by atoms with Crippen LogP contribution in [0.3, 0.4) is 0 Å². The Bertz CT molecular complexity index is 1020. The summed E-state index contributed by atoms with van der Waals surface area (Å²) < 4.78 is 16.4. The normalized spacial score (nSPS) is 16.8. The van der Waals surface area contributed by atoms with E-state index in [1.54, 1.807) is 54.3 Å². The monoisotopic (exact) mass is 458 g/mol. The summed E-state index contributed by atoms with van der Waals surface area (Å²) in [4.78, 5) is 41.5. The van der Waals surface area contributed by atoms with Gasteiger partial charge in [0.25, 0.3) is 5.91 Å². The van der Waals surface area contributed by atoms with E-state index in [1.165, 1.54) is 4.90 Å². The minimum atomic E-state index is -0.737. The molecule has 1 saturated heterocycles. The molecule has 1 unspecified atom stereocenters. The lowest BCUT2D eigenvalue weighted by Crippen LogP contribution is -2.54. The highest BCUT2D eigenvalue weighted by molar-refractivity contribution is 6.30. The fourth-order valence-electron chi connectivity index (χ4n) is 3.69. The third kappa shape index (κ3) is 4.71. The summed E-state index contributed by atoms with van der Waals surface area (Å²) in [7, 11) is 0. The zero-order chi connectivity index (χ0) is 22.7. The van der Waals surface area contributed by atoms with Crippen molar-refractivity contribution in [3.05, 3.63) is 53.1 Å². The van der Waals surface area contributed by atoms with E-state index < -0.39 is 6.04 Å². The van der Waals surface area contributed by atoms with Crippen molar-refractivity contribution in [3.63, 3.8) is 0 Å². The van der Waals surface area contributed by atoms with Crippen LogP contribution in [0, 0.1) is 0 Å². The summed E-state index contributed by atoms with van der Waals surface area (Å²) in [6.07, 6.45) is 0. The van der Waals surface area contributed by atoms with Crippen molar-refractivity contribution in [3.8, 4) is 11.5 Å². The molecule has 0 bridgehead atoms. The van der Waals surface area contributed by atoms with Gasteiger partial charge in [0.15, 0.2) is 19.0 Å². The van der Waals surface area contributed by atoms with Crippen molar-refractivity contribution in [2.75, 3.05) is 44.4 Å². The molecule has 0 spiro atoms. The van der Waals surface area contributed by atoms with E-state index in [4.69, 9.17) is 25.8 Å². The van der Waals surface area contributed by atoms with Crippen LogP contribution >= 0.6 is 11.6 Å². The summed E-state index contributed by atoms with van der Waals surface area (Å²) in [6, 6.07) is 10.8. The van der Waals surface area contributed by atoms with Gasteiger partial charge in [0, 0.05) is 23.7 Å². The molecule has 0 aliphatic carbocycles. The van der Waals surface area contributed by atoms with Gasteiger partial charge < -0.3 is 19.1 Å². The van der Waals surface area contributed by atoms with E-state index in [2.05, 4.69) is 0 Å². The van der Waals surface area contributed by atoms with Gasteiger partial charge in [-0.25, -0.2) is 0 Å². The standard InChI is InChI=1S/C23H23ClN2O6/c1-15(23(29)25-8-10-30-11-9-25)26-19-12-16(2-7-21(19)32-14-22(26)28)20(27)13-31-18-5-3-17(24)4-6-18/h2-7,12,15H,8-11,13-14H2,1H3. The van der Waals surface area contributed by atoms with Crippen LogP contribution in [0.4, 0.5) is 5.69 Å². The van der Waals surface area contributed by atoms with Crippen molar-refractivity contribution in [1.29, 1.82) is 0 Å². The van der Waals surface area contributed by atoms with Crippen LogP contribution in [0.1, 0.15) is 17.3 Å². The van der Waals surface area contributed by atoms with Gasteiger partial charge in [-0.05, 0) is 49.4 Å². The molecule has 1 fully saturated rings. The third-order valence-electron chi connectivity index (χ3n) is 5.41. The third-order valence-corrected chi connectivity index (χ3v) is 5.66. The summed E-state index contributed by atoms with van der Waals surface area (Å²) in [5.74, 6) is 0.186. The lowest BCUT2D eigenvalue weighted by molar-refractivity contribution is -0.138. The van der Waals surface area contributed by atoms with E-state index in [0.717, 1.165) is 0 Å². The number of fused-ring (bicyclic) bond motifs is 1. The van der Waals surface area contributed by atoms with Crippen LogP contribution in [0.5, 0.6) is 11.5 Å². The van der Waals surface area contributed by atoms with Crippen molar-refractivity contribution in [2.24, 2.45) is 0 Å². The Morgan fingerprint density at radius 3 is 2.56 bits per heavy atom. The second-order valence-electron chi connectivity index (χ2n) is 7.51. The predicted molar refractivity (Wildman–Crippen MR) is 118 cm³/mol. The fraction of sp³-hybridized carbons (Fsp3) is 0.348. The number of hydrogen-bond donors (Lipinski definition) is 0. The number of nitrogens with zero attached hydrogens (tertiary/aromatic N) is 2. The number of Topliss-reactive ketones (excluding diaryl/α,β-unsaturated/α-hetero) is 1. The quantitative estimate of drug-likeness (QED) is 0.618. The van der Waals surface area contributed by atoms with Crippen molar-refractivity contribution in [2.45, 2.75) is 13.0 Å². The zero-order valence-electron chi connectivity index (χ0n) is 17.6. The minimum Gasteiger partial charge on any atom is -0.485 e. The molecule has 4 rings (SSSR count). The number of benzene rings is 2. The van der Waals surface area contributed by atoms with Crippen LogP contribution in [-0.4, -0.2) is 68.1 Å². The molecule has 2 aliphatic rings. The molecule has 2 aromatic carbocycles. The number of ether oxygens (including phenoxy) is 3. The van der Waals surface area contributed by atoms with Crippen molar-refractivity contribution in [1.82, 2.24) is 4.90 Å². The van der Waals surface area contributed by atoms with Gasteiger partial charge in [0.2, 0.25) is 5.91 Å². The van der Waals surface area contributed by atoms with E-state index >= 15 is 0 Å². The van der Waals surface area contributed by atoms with Crippen LogP contribution < -0.4 is 14.4 Å². The number of rotatable bonds is 6. The van der Waals surface area contributed by atoms with E-state index in [9.17, 15) is 14.4 Å². The maximum Gasteiger partial charge on any atom is 0.265 e. The van der Waals surface area contributed by atoms with Gasteiger partial charge in [0.1, 0.15) is 17.5 Å². The van der Waals surface area contributed by atoms with Crippen LogP contribution in [-0.2, 0) is 14.3 Å². The van der Waals surface area contributed by atoms with Gasteiger partial charge in [-0.3, -0.25) is 19.3 Å². The molecule has 2 aromatic rings. The average molecular weight is 459 g/mol. The van der Waals surface area contributed by atoms with E-state index in [0.29, 0.717) is 54.1 Å². The first-order valence-electron chi connectivity index (χ1n) is 10.3. The fourth-order valence-corrected chi connectivity index (χ4v) is 3.82. The molecule has 0 aromatic heterocycles. The molecule has 32 heavy (non-hydrogen) atoms. The molecular weight excluding hydrogens is 436 g/mol. The lowest BCUT2D eigenvalue weighted by atomic mass is 10.1. The molecule has 168 valence electrons.